The van der Waals surface area contributed by atoms with Crippen molar-refractivity contribution >= 4 is 17.7 Å². The molecule has 0 bridgehead atoms. The molecule has 11 heavy (non-hydrogen) atoms. The van der Waals surface area contributed by atoms with Gasteiger partial charge >= 0.3 is 0 Å². The summed E-state index contributed by atoms with van der Waals surface area (Å²) in [5.74, 6) is 0.121. The smallest absolute Gasteiger partial charge is 0.203 e. The van der Waals surface area contributed by atoms with Crippen LogP contribution in [0, 0.1) is 5.41 Å². The summed E-state index contributed by atoms with van der Waals surface area (Å²) >= 11 is 5.12. The van der Waals surface area contributed by atoms with Crippen molar-refractivity contribution in [3.63, 3.8) is 0 Å². The van der Waals surface area contributed by atoms with Crippen LogP contribution in [0.3, 0.4) is 0 Å². The van der Waals surface area contributed by atoms with Crippen LogP contribution in [0.25, 0.3) is 0 Å². The molecule has 0 aromatic heterocycles. The van der Waals surface area contributed by atoms with Crippen LogP contribution >= 0.6 is 11.8 Å². The van der Waals surface area contributed by atoms with Gasteiger partial charge in [0.05, 0.1) is 0 Å². The van der Waals surface area contributed by atoms with E-state index >= 15 is 0 Å². The number of guanidine groups is 1. The number of aliphatic hydroxyl groups is 1. The average molecular weight is 180 g/mol. The highest BCUT2D eigenvalue weighted by Crippen LogP contribution is 1.91. The van der Waals surface area contributed by atoms with E-state index in [2.05, 4.69) is 10.2 Å². The summed E-state index contributed by atoms with van der Waals surface area (Å²) in [6.07, 6.45) is 2.74. The molecule has 0 unspecified atom stereocenters. The lowest BCUT2D eigenvalue weighted by molar-refractivity contribution is 0.283. The van der Waals surface area contributed by atoms with Crippen molar-refractivity contribution in [1.29, 1.82) is 5.41 Å². The molecular formula is C6H14ClN3O. The van der Waals surface area contributed by atoms with Crippen molar-refractivity contribution in [2.24, 2.45) is 0 Å². The van der Waals surface area contributed by atoms with Gasteiger partial charge in [-0.25, -0.2) is 0 Å². The number of rotatable bonds is 5. The zero-order valence-electron chi connectivity index (χ0n) is 6.36. The molecule has 0 aliphatic carbocycles. The van der Waals surface area contributed by atoms with E-state index in [0.717, 1.165) is 25.8 Å². The first kappa shape index (κ1) is 10.5. The number of nitrogens with one attached hydrogen (secondary N) is 3. The summed E-state index contributed by atoms with van der Waals surface area (Å²) in [6, 6.07) is 0. The van der Waals surface area contributed by atoms with Crippen molar-refractivity contribution in [2.75, 3.05) is 13.2 Å². The van der Waals surface area contributed by atoms with Crippen LogP contribution in [-0.2, 0) is 0 Å². The molecule has 66 valence electrons. The molecule has 0 heterocycles. The minimum atomic E-state index is 0.121. The Balaban J connectivity index is 2.95. The van der Waals surface area contributed by atoms with Gasteiger partial charge in [-0.05, 0) is 19.3 Å². The topological polar surface area (TPSA) is 68.1 Å². The van der Waals surface area contributed by atoms with Crippen LogP contribution < -0.4 is 10.2 Å². The minimum absolute atomic E-state index is 0.121. The molecule has 0 aromatic rings. The molecule has 4 N–H and O–H groups in total. The SMILES string of the molecule is N=C(NCl)NCCCCCO. The van der Waals surface area contributed by atoms with Crippen molar-refractivity contribution in [1.82, 2.24) is 10.2 Å². The molecular weight excluding hydrogens is 166 g/mol. The van der Waals surface area contributed by atoms with Crippen molar-refractivity contribution in [2.45, 2.75) is 19.3 Å². The molecule has 5 heteroatoms. The predicted octanol–water partition coefficient (Wildman–Crippen LogP) is 0.417. The maximum Gasteiger partial charge on any atom is 0.203 e. The van der Waals surface area contributed by atoms with E-state index in [-0.39, 0.29) is 12.6 Å². The highest BCUT2D eigenvalue weighted by molar-refractivity contribution is 6.21. The molecule has 0 saturated heterocycles. The van der Waals surface area contributed by atoms with Crippen LogP contribution in [0.15, 0.2) is 0 Å². The number of hydrogen-bond donors (Lipinski definition) is 4. The van der Waals surface area contributed by atoms with Crippen LogP contribution in [0.4, 0.5) is 0 Å². The summed E-state index contributed by atoms with van der Waals surface area (Å²) in [4.78, 5) is 2.15. The van der Waals surface area contributed by atoms with E-state index < -0.39 is 0 Å². The van der Waals surface area contributed by atoms with Gasteiger partial charge in [0, 0.05) is 24.9 Å². The second-order valence-electron chi connectivity index (χ2n) is 2.18. The molecule has 0 aliphatic heterocycles. The van der Waals surface area contributed by atoms with Crippen LogP contribution in [0.2, 0.25) is 0 Å². The van der Waals surface area contributed by atoms with Gasteiger partial charge in [-0.2, -0.15) is 0 Å². The molecule has 0 atom stereocenters. The first-order valence-electron chi connectivity index (χ1n) is 3.61. The van der Waals surface area contributed by atoms with Gasteiger partial charge in [0.2, 0.25) is 5.96 Å². The van der Waals surface area contributed by atoms with Gasteiger partial charge < -0.3 is 10.4 Å². The van der Waals surface area contributed by atoms with E-state index in [1.807, 2.05) is 0 Å². The highest BCUT2D eigenvalue weighted by Gasteiger charge is 1.90. The molecule has 0 saturated carbocycles. The minimum Gasteiger partial charge on any atom is -0.396 e. The van der Waals surface area contributed by atoms with Crippen molar-refractivity contribution < 1.29 is 5.11 Å². The molecule has 4 nitrogen and oxygen atoms in total. The highest BCUT2D eigenvalue weighted by atomic mass is 35.5. The van der Waals surface area contributed by atoms with Gasteiger partial charge in [0.1, 0.15) is 0 Å². The van der Waals surface area contributed by atoms with E-state index in [1.165, 1.54) is 0 Å². The lowest BCUT2D eigenvalue weighted by Gasteiger charge is -2.03. The third kappa shape index (κ3) is 7.42. The fourth-order valence-electron chi connectivity index (χ4n) is 0.660. The van der Waals surface area contributed by atoms with E-state index in [4.69, 9.17) is 22.3 Å². The Morgan fingerprint density at radius 2 is 2.09 bits per heavy atom. The molecule has 0 spiro atoms. The van der Waals surface area contributed by atoms with Gasteiger partial charge in [-0.1, -0.05) is 0 Å². The second kappa shape index (κ2) is 7.63. The van der Waals surface area contributed by atoms with E-state index in [0.29, 0.717) is 0 Å². The van der Waals surface area contributed by atoms with Gasteiger partial charge in [-0.15, -0.1) is 0 Å². The van der Waals surface area contributed by atoms with Gasteiger partial charge in [-0.3, -0.25) is 10.2 Å². The lowest BCUT2D eigenvalue weighted by atomic mass is 10.2. The quantitative estimate of drug-likeness (QED) is 0.214. The number of halogens is 1. The lowest BCUT2D eigenvalue weighted by Crippen LogP contribution is -2.31. The summed E-state index contributed by atoms with van der Waals surface area (Å²) in [6.45, 7) is 0.962. The van der Waals surface area contributed by atoms with E-state index in [9.17, 15) is 0 Å². The summed E-state index contributed by atoms with van der Waals surface area (Å²) in [5, 5.41) is 18.2. The zero-order valence-corrected chi connectivity index (χ0v) is 7.12. The monoisotopic (exact) mass is 179 g/mol. The Hall–Kier alpha value is -0.480. The fourth-order valence-corrected chi connectivity index (χ4v) is 0.727. The largest absolute Gasteiger partial charge is 0.396 e. The maximum absolute atomic E-state index is 8.42. The Morgan fingerprint density at radius 3 is 2.64 bits per heavy atom. The standard InChI is InChI=1S/C6H14ClN3O/c7-10-6(8)9-4-2-1-3-5-11/h11H,1-5H2,(H3,8,9,10). The first-order chi connectivity index (χ1) is 5.31. The van der Waals surface area contributed by atoms with Crippen LogP contribution in [0.5, 0.6) is 0 Å². The Kier molecular flexibility index (Phi) is 7.29. The molecule has 0 radical (unpaired) electrons. The van der Waals surface area contributed by atoms with Crippen LogP contribution in [0.1, 0.15) is 19.3 Å². The molecule has 0 rings (SSSR count). The molecule has 0 amide bonds. The Morgan fingerprint density at radius 1 is 1.36 bits per heavy atom. The van der Waals surface area contributed by atoms with Crippen molar-refractivity contribution in [3.8, 4) is 0 Å². The second-order valence-corrected chi connectivity index (χ2v) is 2.37. The number of hydrogen-bond acceptors (Lipinski definition) is 2. The van der Waals surface area contributed by atoms with E-state index in [1.54, 1.807) is 0 Å². The zero-order chi connectivity index (χ0) is 8.53. The van der Waals surface area contributed by atoms with Crippen molar-refractivity contribution in [3.05, 3.63) is 0 Å². The molecule has 0 fully saturated rings. The maximum atomic E-state index is 8.42. The summed E-state index contributed by atoms with van der Waals surface area (Å²) < 4.78 is 0. The number of unbranched alkanes of at least 4 members (excludes halogenated alkanes) is 2. The van der Waals surface area contributed by atoms with Crippen LogP contribution in [-0.4, -0.2) is 24.2 Å². The molecule has 0 aliphatic rings. The summed E-state index contributed by atoms with van der Waals surface area (Å²) in [5.41, 5.74) is 0. The Bertz CT molecular complexity index is 110. The fraction of sp³-hybridized carbons (Fsp3) is 0.833. The summed E-state index contributed by atoms with van der Waals surface area (Å²) in [7, 11) is 0. The van der Waals surface area contributed by atoms with Gasteiger partial charge in [0.15, 0.2) is 0 Å². The van der Waals surface area contributed by atoms with Gasteiger partial charge in [0.25, 0.3) is 0 Å². The Labute approximate surface area is 71.6 Å². The average Bonchev–Trinajstić information content (AvgIpc) is 2.04. The molecule has 0 aromatic carbocycles. The normalized spacial score (nSPS) is 9.27. The third-order valence-corrected chi connectivity index (χ3v) is 1.42. The first-order valence-corrected chi connectivity index (χ1v) is 3.99. The number of aliphatic hydroxyl groups excluding tert-OH is 1. The third-order valence-electron chi connectivity index (χ3n) is 1.23. The predicted molar refractivity (Wildman–Crippen MR) is 45.7 cm³/mol.